The highest BCUT2D eigenvalue weighted by molar-refractivity contribution is 6.30. The molecule has 3 rings (SSSR count). The van der Waals surface area contributed by atoms with Crippen LogP contribution in [0.25, 0.3) is 0 Å². The van der Waals surface area contributed by atoms with Gasteiger partial charge in [0.25, 0.3) is 0 Å². The van der Waals surface area contributed by atoms with E-state index in [2.05, 4.69) is 31.4 Å². The molecule has 0 N–H and O–H groups in total. The number of halogens is 2. The molecule has 0 aliphatic carbocycles. The maximum Gasteiger partial charge on any atom is 0.229 e. The zero-order valence-electron chi connectivity index (χ0n) is 18.5. The van der Waals surface area contributed by atoms with Crippen LogP contribution in [0.3, 0.4) is 0 Å². The first kappa shape index (κ1) is 23.8. The Morgan fingerprint density at radius 2 is 1.90 bits per heavy atom. The summed E-state index contributed by atoms with van der Waals surface area (Å²) >= 11 is 12.6. The van der Waals surface area contributed by atoms with Crippen LogP contribution in [0.5, 0.6) is 0 Å². The number of methoxy groups -OCH3 is 1. The third-order valence-electron chi connectivity index (χ3n) is 6.41. The van der Waals surface area contributed by atoms with Crippen molar-refractivity contribution in [3.63, 3.8) is 0 Å². The molecule has 1 fully saturated rings. The minimum Gasteiger partial charge on any atom is -0.383 e. The van der Waals surface area contributed by atoms with Gasteiger partial charge < -0.3 is 9.64 Å². The van der Waals surface area contributed by atoms with Crippen LogP contribution in [-0.2, 0) is 9.53 Å². The van der Waals surface area contributed by atoms with Gasteiger partial charge in [-0.1, -0.05) is 67.4 Å². The van der Waals surface area contributed by atoms with Gasteiger partial charge in [0.2, 0.25) is 5.91 Å². The molecule has 2 aromatic carbocycles. The molecular formula is C26H31Cl2NO2. The minimum atomic E-state index is -0.543. The van der Waals surface area contributed by atoms with E-state index >= 15 is 0 Å². The number of amides is 1. The van der Waals surface area contributed by atoms with Gasteiger partial charge in [-0.05, 0) is 54.7 Å². The number of likely N-dealkylation sites (tertiary alicyclic amines) is 1. The molecule has 1 aliphatic rings. The lowest BCUT2D eigenvalue weighted by Crippen LogP contribution is -2.56. The van der Waals surface area contributed by atoms with Crippen LogP contribution in [0.15, 0.2) is 61.2 Å². The number of hydrogen-bond acceptors (Lipinski definition) is 2. The molecule has 166 valence electrons. The molecule has 2 aromatic rings. The van der Waals surface area contributed by atoms with E-state index in [-0.39, 0.29) is 23.9 Å². The van der Waals surface area contributed by atoms with Gasteiger partial charge in [-0.25, -0.2) is 0 Å². The molecule has 1 heterocycles. The summed E-state index contributed by atoms with van der Waals surface area (Å²) in [5.41, 5.74) is 1.66. The highest BCUT2D eigenvalue weighted by Crippen LogP contribution is 2.52. The number of piperidine rings is 1. The van der Waals surface area contributed by atoms with Gasteiger partial charge >= 0.3 is 0 Å². The number of ether oxygens (including phenoxy) is 1. The lowest BCUT2D eigenvalue weighted by atomic mass is 9.67. The average molecular weight is 460 g/mol. The average Bonchev–Trinajstić information content (AvgIpc) is 2.75. The van der Waals surface area contributed by atoms with E-state index in [1.807, 2.05) is 48.5 Å². The fraction of sp³-hybridized carbons (Fsp3) is 0.423. The number of carbonyl (C=O) groups excluding carboxylic acids is 1. The Morgan fingerprint density at radius 1 is 1.19 bits per heavy atom. The lowest BCUT2D eigenvalue weighted by molar-refractivity contribution is -0.156. The molecule has 1 aliphatic heterocycles. The van der Waals surface area contributed by atoms with Gasteiger partial charge in [0.15, 0.2) is 0 Å². The Balaban J connectivity index is 2.21. The second-order valence-corrected chi connectivity index (χ2v) is 9.52. The second-order valence-electron chi connectivity index (χ2n) is 8.65. The third kappa shape index (κ3) is 5.00. The van der Waals surface area contributed by atoms with E-state index in [0.29, 0.717) is 29.5 Å². The van der Waals surface area contributed by atoms with E-state index in [9.17, 15) is 4.79 Å². The SMILES string of the molecule is C=CCC1(C)CC(c2cccc(Cl)c2)C(c2ccc(Cl)cc2)N([C@@H](CC)COC)C1=O. The van der Waals surface area contributed by atoms with Crippen molar-refractivity contribution in [2.24, 2.45) is 5.41 Å². The number of carbonyl (C=O) groups is 1. The van der Waals surface area contributed by atoms with Crippen LogP contribution >= 0.6 is 23.2 Å². The normalized spacial score (nSPS) is 24.8. The number of hydrogen-bond donors (Lipinski definition) is 0. The Morgan fingerprint density at radius 3 is 2.48 bits per heavy atom. The van der Waals surface area contributed by atoms with Crippen LogP contribution in [-0.4, -0.2) is 30.6 Å². The summed E-state index contributed by atoms with van der Waals surface area (Å²) in [6, 6.07) is 15.7. The molecule has 0 radical (unpaired) electrons. The zero-order valence-corrected chi connectivity index (χ0v) is 20.0. The van der Waals surface area contributed by atoms with Crippen LogP contribution in [0, 0.1) is 5.41 Å². The van der Waals surface area contributed by atoms with Crippen LogP contribution in [0.2, 0.25) is 10.0 Å². The topological polar surface area (TPSA) is 29.5 Å². The number of rotatable bonds is 8. The van der Waals surface area contributed by atoms with Crippen molar-refractivity contribution in [1.82, 2.24) is 4.90 Å². The van der Waals surface area contributed by atoms with Crippen molar-refractivity contribution in [2.75, 3.05) is 13.7 Å². The summed E-state index contributed by atoms with van der Waals surface area (Å²) in [6.45, 7) is 8.57. The molecule has 5 heteroatoms. The van der Waals surface area contributed by atoms with Gasteiger partial charge in [-0.2, -0.15) is 0 Å². The molecule has 1 saturated heterocycles. The van der Waals surface area contributed by atoms with E-state index in [1.165, 1.54) is 0 Å². The van der Waals surface area contributed by atoms with E-state index in [4.69, 9.17) is 27.9 Å². The minimum absolute atomic E-state index is 0.0377. The second kappa shape index (κ2) is 10.2. The van der Waals surface area contributed by atoms with E-state index in [0.717, 1.165) is 17.5 Å². The summed E-state index contributed by atoms with van der Waals surface area (Å²) in [5.74, 6) is 0.225. The molecule has 31 heavy (non-hydrogen) atoms. The van der Waals surface area contributed by atoms with Crippen molar-refractivity contribution in [2.45, 2.75) is 51.1 Å². The van der Waals surface area contributed by atoms with Crippen molar-refractivity contribution < 1.29 is 9.53 Å². The van der Waals surface area contributed by atoms with Crippen molar-refractivity contribution >= 4 is 29.1 Å². The Bertz CT molecular complexity index is 914. The first-order valence-corrected chi connectivity index (χ1v) is 11.5. The maximum atomic E-state index is 14.0. The number of allylic oxidation sites excluding steroid dienone is 1. The van der Waals surface area contributed by atoms with Gasteiger partial charge in [-0.3, -0.25) is 4.79 Å². The molecule has 0 spiro atoms. The number of benzene rings is 2. The fourth-order valence-electron chi connectivity index (χ4n) is 4.88. The van der Waals surface area contributed by atoms with E-state index < -0.39 is 5.41 Å². The summed E-state index contributed by atoms with van der Waals surface area (Å²) in [5, 5.41) is 1.38. The van der Waals surface area contributed by atoms with Gasteiger partial charge in [0.05, 0.1) is 24.1 Å². The van der Waals surface area contributed by atoms with Crippen LogP contribution < -0.4 is 0 Å². The molecule has 3 nitrogen and oxygen atoms in total. The van der Waals surface area contributed by atoms with Crippen molar-refractivity contribution in [3.8, 4) is 0 Å². The first-order valence-electron chi connectivity index (χ1n) is 10.8. The summed E-state index contributed by atoms with van der Waals surface area (Å²) in [4.78, 5) is 16.0. The van der Waals surface area contributed by atoms with Crippen molar-refractivity contribution in [1.29, 1.82) is 0 Å². The molecule has 4 atom stereocenters. The molecular weight excluding hydrogens is 429 g/mol. The van der Waals surface area contributed by atoms with Gasteiger partial charge in [0, 0.05) is 23.1 Å². The quantitative estimate of drug-likeness (QED) is 0.395. The molecule has 0 aromatic heterocycles. The summed E-state index contributed by atoms with van der Waals surface area (Å²) in [6.07, 6.45) is 3.99. The van der Waals surface area contributed by atoms with Crippen molar-refractivity contribution in [3.05, 3.63) is 82.4 Å². The van der Waals surface area contributed by atoms with Crippen LogP contribution in [0.1, 0.15) is 56.2 Å². The highest BCUT2D eigenvalue weighted by atomic mass is 35.5. The van der Waals surface area contributed by atoms with Gasteiger partial charge in [0.1, 0.15) is 0 Å². The number of nitrogens with zero attached hydrogens (tertiary/aromatic N) is 1. The largest absolute Gasteiger partial charge is 0.383 e. The lowest BCUT2D eigenvalue weighted by Gasteiger charge is -2.52. The molecule has 3 unspecified atom stereocenters. The van der Waals surface area contributed by atoms with Gasteiger partial charge in [-0.15, -0.1) is 6.58 Å². The third-order valence-corrected chi connectivity index (χ3v) is 6.90. The highest BCUT2D eigenvalue weighted by Gasteiger charge is 2.50. The van der Waals surface area contributed by atoms with Crippen LogP contribution in [0.4, 0.5) is 0 Å². The Labute approximate surface area is 196 Å². The Hall–Kier alpha value is -1.81. The smallest absolute Gasteiger partial charge is 0.229 e. The predicted octanol–water partition coefficient (Wildman–Crippen LogP) is 7.06. The molecule has 0 saturated carbocycles. The standard InChI is InChI=1S/C26H31Cl2NO2/c1-5-14-26(3)16-23(19-8-7-9-21(28)15-19)24(18-10-12-20(27)13-11-18)29(25(26)30)22(6-2)17-31-4/h5,7-13,15,22-24H,1,6,14,16-17H2,2-4H3/t22-,23?,24?,26?/m0/s1. The maximum absolute atomic E-state index is 14.0. The summed E-state index contributed by atoms with van der Waals surface area (Å²) < 4.78 is 5.53. The molecule has 0 bridgehead atoms. The Kier molecular flexibility index (Phi) is 7.85. The predicted molar refractivity (Wildman–Crippen MR) is 129 cm³/mol. The zero-order chi connectivity index (χ0) is 22.6. The monoisotopic (exact) mass is 459 g/mol. The molecule has 1 amide bonds. The van der Waals surface area contributed by atoms with E-state index in [1.54, 1.807) is 7.11 Å². The first-order chi connectivity index (χ1) is 14.8. The fourth-order valence-corrected chi connectivity index (χ4v) is 5.20. The summed E-state index contributed by atoms with van der Waals surface area (Å²) in [7, 11) is 1.69.